The third-order valence-corrected chi connectivity index (χ3v) is 4.43. The molecule has 1 heterocycles. The number of allylic oxidation sites excluding steroid dienone is 3. The van der Waals surface area contributed by atoms with Crippen LogP contribution in [-0.2, 0) is 0 Å². The van der Waals surface area contributed by atoms with Crippen LogP contribution in [0.3, 0.4) is 0 Å². The molecular formula is C22H18N2O4. The van der Waals surface area contributed by atoms with Gasteiger partial charge < -0.3 is 14.4 Å². The van der Waals surface area contributed by atoms with Gasteiger partial charge in [-0.15, -0.1) is 0 Å². The molecule has 0 saturated carbocycles. The summed E-state index contributed by atoms with van der Waals surface area (Å²) in [6, 6.07) is 13.9. The lowest BCUT2D eigenvalue weighted by molar-refractivity contribution is 0.0697. The first-order valence-corrected chi connectivity index (χ1v) is 8.93. The quantitative estimate of drug-likeness (QED) is 0.678. The van der Waals surface area contributed by atoms with Crippen LogP contribution in [0.4, 0.5) is 0 Å². The van der Waals surface area contributed by atoms with E-state index in [-0.39, 0.29) is 5.56 Å². The van der Waals surface area contributed by atoms with Gasteiger partial charge in [0, 0.05) is 17.0 Å². The molecule has 3 aromatic rings. The molecular weight excluding hydrogens is 356 g/mol. The highest BCUT2D eigenvalue weighted by Gasteiger charge is 2.13. The number of carbonyl (C=O) groups is 1. The van der Waals surface area contributed by atoms with Gasteiger partial charge in [-0.2, -0.15) is 4.98 Å². The molecule has 140 valence electrons. The number of carboxylic acid groups (broad SMARTS) is 1. The summed E-state index contributed by atoms with van der Waals surface area (Å²) in [5, 5.41) is 13.1. The molecule has 0 saturated heterocycles. The van der Waals surface area contributed by atoms with Crippen molar-refractivity contribution in [2.45, 2.75) is 6.42 Å². The number of rotatable bonds is 6. The lowest BCUT2D eigenvalue weighted by Gasteiger charge is -2.14. The molecule has 6 heteroatoms. The number of ether oxygens (including phenoxy) is 1. The first kappa shape index (κ1) is 17.7. The van der Waals surface area contributed by atoms with Crippen molar-refractivity contribution in [3.8, 4) is 28.6 Å². The summed E-state index contributed by atoms with van der Waals surface area (Å²) >= 11 is 0. The van der Waals surface area contributed by atoms with Gasteiger partial charge in [0.1, 0.15) is 5.75 Å². The average Bonchev–Trinajstić information content (AvgIpc) is 3.24. The van der Waals surface area contributed by atoms with Crippen LogP contribution < -0.4 is 4.74 Å². The SMILES string of the molecule is O=C(O)c1cccc(-c2noc(-c3ccc(OCC4C=CC=CC4)cc3)n2)c1. The standard InChI is InChI=1S/C22H18N2O4/c25-22(26)18-8-4-7-17(13-18)20-23-21(28-24-20)16-9-11-19(12-10-16)27-14-15-5-2-1-3-6-15/h1-5,7-13,15H,6,14H2,(H,25,26). The lowest BCUT2D eigenvalue weighted by atomic mass is 10.0. The van der Waals surface area contributed by atoms with Crippen LogP contribution in [-0.4, -0.2) is 27.8 Å². The predicted molar refractivity (Wildman–Crippen MR) is 104 cm³/mol. The molecule has 1 atom stereocenters. The highest BCUT2D eigenvalue weighted by Crippen LogP contribution is 2.25. The lowest BCUT2D eigenvalue weighted by Crippen LogP contribution is -2.10. The average molecular weight is 374 g/mol. The Morgan fingerprint density at radius 1 is 1.14 bits per heavy atom. The molecule has 2 aromatic carbocycles. The fraction of sp³-hybridized carbons (Fsp3) is 0.136. The van der Waals surface area contributed by atoms with Crippen molar-refractivity contribution in [2.24, 2.45) is 5.92 Å². The van der Waals surface area contributed by atoms with Crippen LogP contribution >= 0.6 is 0 Å². The zero-order chi connectivity index (χ0) is 19.3. The van der Waals surface area contributed by atoms with E-state index in [1.165, 1.54) is 12.1 Å². The number of aromatic carboxylic acids is 1. The van der Waals surface area contributed by atoms with E-state index in [2.05, 4.69) is 22.3 Å². The van der Waals surface area contributed by atoms with Crippen LogP contribution in [0, 0.1) is 5.92 Å². The molecule has 1 N–H and O–H groups in total. The molecule has 1 aliphatic carbocycles. The Kier molecular flexibility index (Phi) is 5.01. The number of nitrogens with zero attached hydrogens (tertiary/aromatic N) is 2. The Hall–Kier alpha value is -3.67. The van der Waals surface area contributed by atoms with Crippen molar-refractivity contribution in [3.05, 3.63) is 78.4 Å². The summed E-state index contributed by atoms with van der Waals surface area (Å²) in [6.07, 6.45) is 9.36. The zero-order valence-corrected chi connectivity index (χ0v) is 15.0. The number of carboxylic acids is 1. The van der Waals surface area contributed by atoms with E-state index < -0.39 is 5.97 Å². The van der Waals surface area contributed by atoms with Gasteiger partial charge in [0.25, 0.3) is 5.89 Å². The maximum absolute atomic E-state index is 11.1. The van der Waals surface area contributed by atoms with Gasteiger partial charge in [-0.1, -0.05) is 41.6 Å². The summed E-state index contributed by atoms with van der Waals surface area (Å²) in [4.78, 5) is 15.5. The minimum absolute atomic E-state index is 0.175. The molecule has 0 amide bonds. The minimum Gasteiger partial charge on any atom is -0.493 e. The Balaban J connectivity index is 1.45. The third kappa shape index (κ3) is 4.01. The van der Waals surface area contributed by atoms with Crippen molar-refractivity contribution in [2.75, 3.05) is 6.61 Å². The highest BCUT2D eigenvalue weighted by molar-refractivity contribution is 5.89. The fourth-order valence-electron chi connectivity index (χ4n) is 2.90. The topological polar surface area (TPSA) is 85.5 Å². The van der Waals surface area contributed by atoms with Gasteiger partial charge in [-0.05, 0) is 42.8 Å². The molecule has 1 unspecified atom stereocenters. The first-order chi connectivity index (χ1) is 13.7. The van der Waals surface area contributed by atoms with Crippen LogP contribution in [0.5, 0.6) is 5.75 Å². The van der Waals surface area contributed by atoms with Crippen molar-refractivity contribution in [1.82, 2.24) is 10.1 Å². The van der Waals surface area contributed by atoms with Gasteiger partial charge in [0.05, 0.1) is 12.2 Å². The molecule has 0 radical (unpaired) electrons. The molecule has 0 fully saturated rings. The van der Waals surface area contributed by atoms with E-state index in [1.807, 2.05) is 36.4 Å². The van der Waals surface area contributed by atoms with Crippen molar-refractivity contribution >= 4 is 5.97 Å². The number of hydrogen-bond donors (Lipinski definition) is 1. The Morgan fingerprint density at radius 2 is 2.00 bits per heavy atom. The molecule has 28 heavy (non-hydrogen) atoms. The fourth-order valence-corrected chi connectivity index (χ4v) is 2.90. The third-order valence-electron chi connectivity index (χ3n) is 4.43. The number of aromatic nitrogens is 2. The molecule has 6 nitrogen and oxygen atoms in total. The van der Waals surface area contributed by atoms with Crippen LogP contribution in [0.25, 0.3) is 22.8 Å². The smallest absolute Gasteiger partial charge is 0.335 e. The van der Waals surface area contributed by atoms with Crippen LogP contribution in [0.15, 0.2) is 77.4 Å². The Morgan fingerprint density at radius 3 is 2.75 bits per heavy atom. The highest BCUT2D eigenvalue weighted by atomic mass is 16.5. The molecule has 1 aromatic heterocycles. The van der Waals surface area contributed by atoms with Crippen molar-refractivity contribution in [3.63, 3.8) is 0 Å². The van der Waals surface area contributed by atoms with Gasteiger partial charge in [0.15, 0.2) is 0 Å². The largest absolute Gasteiger partial charge is 0.493 e. The predicted octanol–water partition coefficient (Wildman–Crippen LogP) is 4.61. The van der Waals surface area contributed by atoms with Crippen molar-refractivity contribution in [1.29, 1.82) is 0 Å². The monoisotopic (exact) mass is 374 g/mol. The number of hydrogen-bond acceptors (Lipinski definition) is 5. The summed E-state index contributed by atoms with van der Waals surface area (Å²) in [6.45, 7) is 0.630. The second kappa shape index (κ2) is 7.92. The molecule has 1 aliphatic rings. The summed E-state index contributed by atoms with van der Waals surface area (Å²) in [7, 11) is 0. The summed E-state index contributed by atoms with van der Waals surface area (Å²) in [5.41, 5.74) is 1.53. The van der Waals surface area contributed by atoms with Crippen molar-refractivity contribution < 1.29 is 19.2 Å². The summed E-state index contributed by atoms with van der Waals surface area (Å²) < 4.78 is 11.2. The molecule has 0 spiro atoms. The Bertz CT molecular complexity index is 1030. The van der Waals surface area contributed by atoms with E-state index >= 15 is 0 Å². The van der Waals surface area contributed by atoms with Crippen LogP contribution in [0.2, 0.25) is 0 Å². The minimum atomic E-state index is -0.999. The zero-order valence-electron chi connectivity index (χ0n) is 15.0. The van der Waals surface area contributed by atoms with Crippen LogP contribution in [0.1, 0.15) is 16.8 Å². The maximum Gasteiger partial charge on any atom is 0.335 e. The van der Waals surface area contributed by atoms with E-state index in [0.29, 0.717) is 29.8 Å². The van der Waals surface area contributed by atoms with Gasteiger partial charge in [-0.3, -0.25) is 0 Å². The van der Waals surface area contributed by atoms with E-state index in [9.17, 15) is 4.79 Å². The van der Waals surface area contributed by atoms with Gasteiger partial charge >= 0.3 is 5.97 Å². The van der Waals surface area contributed by atoms with E-state index in [4.69, 9.17) is 14.4 Å². The first-order valence-electron chi connectivity index (χ1n) is 8.93. The number of benzene rings is 2. The second-order valence-corrected chi connectivity index (χ2v) is 6.45. The molecule has 4 rings (SSSR count). The second-order valence-electron chi connectivity index (χ2n) is 6.45. The normalized spacial score (nSPS) is 15.5. The van der Waals surface area contributed by atoms with E-state index in [1.54, 1.807) is 12.1 Å². The van der Waals surface area contributed by atoms with E-state index in [0.717, 1.165) is 17.7 Å². The Labute approximate surface area is 161 Å². The molecule has 0 bridgehead atoms. The van der Waals surface area contributed by atoms with Gasteiger partial charge in [-0.25, -0.2) is 4.79 Å². The molecule has 0 aliphatic heterocycles. The maximum atomic E-state index is 11.1. The summed E-state index contributed by atoms with van der Waals surface area (Å²) in [5.74, 6) is 0.879. The van der Waals surface area contributed by atoms with Gasteiger partial charge in [0.2, 0.25) is 5.82 Å².